The van der Waals surface area contributed by atoms with Gasteiger partial charge in [-0.05, 0) is 43.2 Å². The molecule has 198 valence electrons. The molecule has 0 aromatic heterocycles. The molecule has 0 bridgehead atoms. The highest BCUT2D eigenvalue weighted by Gasteiger charge is 2.35. The quantitative estimate of drug-likeness (QED) is 0.216. The number of para-hydroxylation sites is 2. The number of carbonyl (C=O) groups is 1. The third-order valence-electron chi connectivity index (χ3n) is 5.98. The maximum absolute atomic E-state index is 13.3. The molecule has 1 amide bonds. The van der Waals surface area contributed by atoms with Crippen LogP contribution in [0.1, 0.15) is 34.8 Å². The van der Waals surface area contributed by atoms with Crippen LogP contribution in [-0.2, 0) is 12.8 Å². The van der Waals surface area contributed by atoms with Gasteiger partial charge in [-0.25, -0.2) is 0 Å². The topological polar surface area (TPSA) is 117 Å². The minimum absolute atomic E-state index is 0.0202. The van der Waals surface area contributed by atoms with Gasteiger partial charge in [-0.3, -0.25) is 4.79 Å². The Bertz CT molecular complexity index is 1050. The van der Waals surface area contributed by atoms with Crippen LogP contribution in [0.5, 0.6) is 11.5 Å². The average Bonchev–Trinajstić information content (AvgIpc) is 3.15. The molecule has 1 heterocycles. The average molecular weight is 512 g/mol. The molecule has 8 nitrogen and oxygen atoms in total. The molecule has 0 fully saturated rings. The Morgan fingerprint density at radius 3 is 2.58 bits per heavy atom. The lowest BCUT2D eigenvalue weighted by Gasteiger charge is -2.39. The van der Waals surface area contributed by atoms with Gasteiger partial charge in [-0.1, -0.05) is 12.1 Å². The predicted molar refractivity (Wildman–Crippen MR) is 130 cm³/mol. The van der Waals surface area contributed by atoms with E-state index in [1.807, 2.05) is 13.0 Å². The molecule has 0 aliphatic carbocycles. The van der Waals surface area contributed by atoms with E-state index in [-0.39, 0.29) is 42.9 Å². The predicted octanol–water partition coefficient (Wildman–Crippen LogP) is 3.07. The van der Waals surface area contributed by atoms with E-state index in [1.165, 1.54) is 6.07 Å². The molecule has 2 aromatic rings. The van der Waals surface area contributed by atoms with Crippen LogP contribution in [0.3, 0.4) is 0 Å². The van der Waals surface area contributed by atoms with Crippen molar-refractivity contribution in [2.75, 3.05) is 39.5 Å². The van der Waals surface area contributed by atoms with Crippen molar-refractivity contribution in [2.45, 2.75) is 38.4 Å². The molecular formula is C25H32F3N3O5. The summed E-state index contributed by atoms with van der Waals surface area (Å²) in [5, 5.41) is 25.7. The number of fused-ring (bicyclic) bond motifs is 1. The Morgan fingerprint density at radius 1 is 1.25 bits per heavy atom. The highest BCUT2D eigenvalue weighted by atomic mass is 19.4. The lowest BCUT2D eigenvalue weighted by Crippen LogP contribution is -2.43. The number of hydroxylamine groups is 2. The van der Waals surface area contributed by atoms with Crippen molar-refractivity contribution in [3.05, 3.63) is 58.3 Å². The number of hydrogen-bond donors (Lipinski definition) is 3. The first kappa shape index (κ1) is 27.7. The number of amides is 1. The van der Waals surface area contributed by atoms with Crippen molar-refractivity contribution in [2.24, 2.45) is 5.73 Å². The number of quaternary nitrogens is 1. The van der Waals surface area contributed by atoms with E-state index < -0.39 is 23.3 Å². The van der Waals surface area contributed by atoms with Gasteiger partial charge >= 0.3 is 6.18 Å². The van der Waals surface area contributed by atoms with Crippen molar-refractivity contribution in [1.29, 1.82) is 0 Å². The first-order chi connectivity index (χ1) is 17.0. The highest BCUT2D eigenvalue weighted by molar-refractivity contribution is 5.99. The molecule has 36 heavy (non-hydrogen) atoms. The Labute approximate surface area is 208 Å². The SMILES string of the molecule is CC(Cc1cc2c(c(C(N)=O)c1)[N@+]([O-])(CCCO)CC2)NCCOc1ccccc1OCC(F)(F)F. The van der Waals surface area contributed by atoms with Gasteiger partial charge in [-0.2, -0.15) is 13.2 Å². The van der Waals surface area contributed by atoms with Crippen molar-refractivity contribution in [3.63, 3.8) is 0 Å². The summed E-state index contributed by atoms with van der Waals surface area (Å²) in [5.41, 5.74) is 7.90. The second kappa shape index (κ2) is 11.9. The highest BCUT2D eigenvalue weighted by Crippen LogP contribution is 2.38. The number of nitrogens with one attached hydrogen (secondary N) is 1. The van der Waals surface area contributed by atoms with Gasteiger partial charge in [-0.15, -0.1) is 0 Å². The molecule has 1 aliphatic heterocycles. The summed E-state index contributed by atoms with van der Waals surface area (Å²) >= 11 is 0. The first-order valence-electron chi connectivity index (χ1n) is 11.8. The number of ether oxygens (including phenoxy) is 2. The second-order valence-electron chi connectivity index (χ2n) is 8.94. The smallest absolute Gasteiger partial charge is 0.422 e. The number of primary amides is 1. The number of nitrogens with zero attached hydrogens (tertiary/aromatic N) is 1. The standard InChI is InChI=1S/C25H32F3N3O5/c1-17(30-8-12-35-21-5-2-3-6-22(21)36-16-25(26,27)28)13-18-14-19-7-10-31(34,9-4-11-32)23(19)20(15-18)24(29)33/h2-3,5-6,14-15,17,30,32H,4,7-13,16H2,1H3,(H2,29,33)/t17?,31-/m0/s1. The Morgan fingerprint density at radius 2 is 1.94 bits per heavy atom. The van der Waals surface area contributed by atoms with E-state index in [4.69, 9.17) is 20.3 Å². The molecule has 0 radical (unpaired) electrons. The monoisotopic (exact) mass is 511 g/mol. The summed E-state index contributed by atoms with van der Waals surface area (Å²) in [6.07, 6.45) is -3.01. The van der Waals surface area contributed by atoms with Crippen molar-refractivity contribution >= 4 is 11.6 Å². The molecule has 1 aliphatic rings. The zero-order chi connectivity index (χ0) is 26.3. The van der Waals surface area contributed by atoms with Crippen LogP contribution >= 0.6 is 0 Å². The van der Waals surface area contributed by atoms with Crippen LogP contribution in [0.4, 0.5) is 18.9 Å². The minimum atomic E-state index is -4.44. The van der Waals surface area contributed by atoms with Crippen LogP contribution in [0.2, 0.25) is 0 Å². The number of alkyl halides is 3. The molecule has 3 rings (SSSR count). The van der Waals surface area contributed by atoms with Crippen molar-refractivity contribution in [3.8, 4) is 11.5 Å². The molecule has 0 saturated carbocycles. The van der Waals surface area contributed by atoms with Crippen LogP contribution in [0, 0.1) is 5.21 Å². The van der Waals surface area contributed by atoms with Gasteiger partial charge < -0.3 is 35.5 Å². The number of rotatable bonds is 13. The normalized spacial score (nSPS) is 18.1. The Balaban J connectivity index is 1.57. The van der Waals surface area contributed by atoms with Gasteiger partial charge in [0.05, 0.1) is 13.1 Å². The molecule has 4 N–H and O–H groups in total. The number of benzene rings is 2. The lowest BCUT2D eigenvalue weighted by molar-refractivity contribution is -0.153. The molecule has 0 spiro atoms. The first-order valence-corrected chi connectivity index (χ1v) is 11.8. The Hall–Kier alpha value is -2.86. The fraction of sp³-hybridized carbons (Fsp3) is 0.480. The third-order valence-corrected chi connectivity index (χ3v) is 5.98. The number of carbonyl (C=O) groups excluding carboxylic acids is 1. The van der Waals surface area contributed by atoms with E-state index in [0.717, 1.165) is 11.1 Å². The number of aliphatic hydroxyl groups excluding tert-OH is 1. The van der Waals surface area contributed by atoms with E-state index in [0.29, 0.717) is 38.0 Å². The van der Waals surface area contributed by atoms with Crippen LogP contribution in [-0.4, -0.2) is 62.7 Å². The van der Waals surface area contributed by atoms with Gasteiger partial charge in [0.1, 0.15) is 17.9 Å². The fourth-order valence-electron chi connectivity index (χ4n) is 4.44. The molecular weight excluding hydrogens is 479 g/mol. The largest absolute Gasteiger partial charge is 0.627 e. The fourth-order valence-corrected chi connectivity index (χ4v) is 4.44. The molecule has 2 aromatic carbocycles. The minimum Gasteiger partial charge on any atom is -0.627 e. The van der Waals surface area contributed by atoms with E-state index in [9.17, 15) is 23.2 Å². The van der Waals surface area contributed by atoms with E-state index >= 15 is 0 Å². The lowest BCUT2D eigenvalue weighted by atomic mass is 9.98. The summed E-state index contributed by atoms with van der Waals surface area (Å²) in [6.45, 7) is 1.57. The summed E-state index contributed by atoms with van der Waals surface area (Å²) in [6, 6.07) is 9.75. The maximum atomic E-state index is 13.3. The summed E-state index contributed by atoms with van der Waals surface area (Å²) in [4.78, 5) is 12.2. The summed E-state index contributed by atoms with van der Waals surface area (Å²) in [7, 11) is 0. The third kappa shape index (κ3) is 7.33. The van der Waals surface area contributed by atoms with Gasteiger partial charge in [0.2, 0.25) is 0 Å². The van der Waals surface area contributed by atoms with Crippen LogP contribution < -0.4 is 25.2 Å². The number of aliphatic hydroxyl groups is 1. The Kier molecular flexibility index (Phi) is 9.18. The molecule has 2 atom stereocenters. The number of hydrogen-bond acceptors (Lipinski definition) is 6. The zero-order valence-corrected chi connectivity index (χ0v) is 20.1. The molecule has 11 heteroatoms. The number of nitrogens with two attached hydrogens (primary N) is 1. The van der Waals surface area contributed by atoms with Gasteiger partial charge in [0.25, 0.3) is 5.91 Å². The van der Waals surface area contributed by atoms with E-state index in [1.54, 1.807) is 24.3 Å². The molecule has 0 saturated heterocycles. The number of halogens is 3. The zero-order valence-electron chi connectivity index (χ0n) is 20.1. The van der Waals surface area contributed by atoms with E-state index in [2.05, 4.69) is 5.32 Å². The van der Waals surface area contributed by atoms with Crippen LogP contribution in [0.25, 0.3) is 0 Å². The van der Waals surface area contributed by atoms with Gasteiger partial charge in [0.15, 0.2) is 18.1 Å². The summed E-state index contributed by atoms with van der Waals surface area (Å²) in [5.74, 6) is -0.411. The summed E-state index contributed by atoms with van der Waals surface area (Å²) < 4.78 is 47.1. The maximum Gasteiger partial charge on any atom is 0.422 e. The second-order valence-corrected chi connectivity index (χ2v) is 8.94. The van der Waals surface area contributed by atoms with Crippen LogP contribution in [0.15, 0.2) is 36.4 Å². The van der Waals surface area contributed by atoms with Crippen molar-refractivity contribution < 1.29 is 32.5 Å². The van der Waals surface area contributed by atoms with Gasteiger partial charge in [0, 0.05) is 37.6 Å². The molecule has 1 unspecified atom stereocenters. The van der Waals surface area contributed by atoms with Crippen molar-refractivity contribution in [1.82, 2.24) is 9.96 Å².